The second-order valence-corrected chi connectivity index (χ2v) is 6.65. The lowest BCUT2D eigenvalue weighted by atomic mass is 10.2. The van der Waals surface area contributed by atoms with Crippen LogP contribution in [-0.4, -0.2) is 15.0 Å². The number of hydrogen-bond donors (Lipinski definition) is 1. The van der Waals surface area contributed by atoms with Crippen molar-refractivity contribution in [2.24, 2.45) is 0 Å². The van der Waals surface area contributed by atoms with Gasteiger partial charge in [0.2, 0.25) is 10.0 Å². The molecule has 0 saturated heterocycles. The molecule has 0 amide bonds. The fourth-order valence-corrected chi connectivity index (χ4v) is 3.03. The highest BCUT2D eigenvalue weighted by Crippen LogP contribution is 2.29. The van der Waals surface area contributed by atoms with E-state index < -0.39 is 21.8 Å². The Morgan fingerprint density at radius 1 is 1.04 bits per heavy atom. The first-order valence-electron chi connectivity index (χ1n) is 7.11. The highest BCUT2D eigenvalue weighted by atomic mass is 32.2. The van der Waals surface area contributed by atoms with Gasteiger partial charge in [0.15, 0.2) is 0 Å². The van der Waals surface area contributed by atoms with Crippen molar-refractivity contribution < 1.29 is 26.3 Å². The van der Waals surface area contributed by atoms with E-state index >= 15 is 0 Å². The van der Waals surface area contributed by atoms with E-state index in [1.54, 1.807) is 24.3 Å². The van der Waals surface area contributed by atoms with Crippen LogP contribution in [0.5, 0.6) is 5.75 Å². The summed E-state index contributed by atoms with van der Waals surface area (Å²) in [4.78, 5) is -0.232. The quantitative estimate of drug-likeness (QED) is 0.858. The van der Waals surface area contributed by atoms with Crippen LogP contribution in [-0.2, 0) is 22.7 Å². The van der Waals surface area contributed by atoms with E-state index in [0.717, 1.165) is 24.3 Å². The number of rotatable bonds is 6. The van der Waals surface area contributed by atoms with Crippen molar-refractivity contribution in [3.63, 3.8) is 0 Å². The van der Waals surface area contributed by atoms with Crippen molar-refractivity contribution in [3.8, 4) is 5.75 Å². The minimum atomic E-state index is -4.51. The summed E-state index contributed by atoms with van der Waals surface area (Å²) in [6.45, 7) is 2.21. The Kier molecular flexibility index (Phi) is 5.51. The molecule has 0 atom stereocenters. The summed E-state index contributed by atoms with van der Waals surface area (Å²) in [5.74, 6) is 0.551. The summed E-state index contributed by atoms with van der Waals surface area (Å²) < 4.78 is 69.7. The van der Waals surface area contributed by atoms with Gasteiger partial charge >= 0.3 is 6.18 Å². The molecule has 0 aliphatic heterocycles. The first-order valence-corrected chi connectivity index (χ1v) is 8.60. The van der Waals surface area contributed by atoms with E-state index in [1.165, 1.54) is 0 Å². The van der Waals surface area contributed by atoms with Gasteiger partial charge in [-0.2, -0.15) is 13.2 Å². The van der Waals surface area contributed by atoms with Gasteiger partial charge in [0, 0.05) is 12.1 Å². The minimum Gasteiger partial charge on any atom is -0.494 e. The molecule has 0 bridgehead atoms. The fraction of sp³-hybridized carbons (Fsp3) is 0.250. The van der Waals surface area contributed by atoms with Crippen LogP contribution in [0.15, 0.2) is 53.4 Å². The van der Waals surface area contributed by atoms with Gasteiger partial charge in [0.25, 0.3) is 0 Å². The Bertz CT molecular complexity index is 787. The van der Waals surface area contributed by atoms with Crippen LogP contribution in [0.25, 0.3) is 0 Å². The standard InChI is InChI=1S/C16H16F3NO3S/c1-2-23-15-6-4-3-5-12(15)11-20-24(21,22)14-9-7-13(8-10-14)16(17,18)19/h3-10,20H,2,11H2,1H3. The normalized spacial score (nSPS) is 12.2. The first-order chi connectivity index (χ1) is 11.2. The summed E-state index contributed by atoms with van der Waals surface area (Å²) >= 11 is 0. The lowest BCUT2D eigenvalue weighted by Crippen LogP contribution is -2.23. The molecular weight excluding hydrogens is 343 g/mol. The number of hydrogen-bond acceptors (Lipinski definition) is 3. The maximum absolute atomic E-state index is 12.5. The van der Waals surface area contributed by atoms with E-state index in [0.29, 0.717) is 17.9 Å². The van der Waals surface area contributed by atoms with E-state index in [-0.39, 0.29) is 11.4 Å². The molecule has 0 fully saturated rings. The van der Waals surface area contributed by atoms with Gasteiger partial charge in [0.1, 0.15) is 5.75 Å². The zero-order valence-corrected chi connectivity index (χ0v) is 13.6. The zero-order chi connectivity index (χ0) is 17.8. The summed E-state index contributed by atoms with van der Waals surface area (Å²) in [7, 11) is -3.93. The predicted octanol–water partition coefficient (Wildman–Crippen LogP) is 3.58. The summed E-state index contributed by atoms with van der Waals surface area (Å²) in [6, 6.07) is 10.3. The van der Waals surface area contributed by atoms with E-state index in [1.807, 2.05) is 6.92 Å². The second-order valence-electron chi connectivity index (χ2n) is 4.89. The van der Waals surface area contributed by atoms with Crippen LogP contribution in [0.2, 0.25) is 0 Å². The summed E-state index contributed by atoms with van der Waals surface area (Å²) in [6.07, 6.45) is -4.51. The molecular formula is C16H16F3NO3S. The third kappa shape index (κ3) is 4.48. The fourth-order valence-electron chi connectivity index (χ4n) is 2.03. The largest absolute Gasteiger partial charge is 0.494 e. The van der Waals surface area contributed by atoms with Gasteiger partial charge < -0.3 is 4.74 Å². The molecule has 0 aromatic heterocycles. The molecule has 0 aliphatic carbocycles. The molecule has 0 radical (unpaired) electrons. The maximum atomic E-state index is 12.5. The first kappa shape index (κ1) is 18.3. The minimum absolute atomic E-state index is 0.0282. The van der Waals surface area contributed by atoms with Crippen molar-refractivity contribution >= 4 is 10.0 Å². The molecule has 0 aliphatic rings. The number of nitrogens with one attached hydrogen (secondary N) is 1. The molecule has 1 N–H and O–H groups in total. The van der Waals surface area contributed by atoms with Crippen LogP contribution in [0.3, 0.4) is 0 Å². The second kappa shape index (κ2) is 7.23. The van der Waals surface area contributed by atoms with Crippen molar-refractivity contribution in [2.75, 3.05) is 6.61 Å². The topological polar surface area (TPSA) is 55.4 Å². The highest BCUT2D eigenvalue weighted by Gasteiger charge is 2.30. The van der Waals surface area contributed by atoms with Crippen molar-refractivity contribution in [2.45, 2.75) is 24.5 Å². The van der Waals surface area contributed by atoms with Gasteiger partial charge in [-0.1, -0.05) is 18.2 Å². The van der Waals surface area contributed by atoms with Crippen LogP contribution < -0.4 is 9.46 Å². The number of para-hydroxylation sites is 1. The Labute approximate surface area is 138 Å². The number of alkyl halides is 3. The highest BCUT2D eigenvalue weighted by molar-refractivity contribution is 7.89. The van der Waals surface area contributed by atoms with Gasteiger partial charge in [-0.3, -0.25) is 0 Å². The van der Waals surface area contributed by atoms with Crippen molar-refractivity contribution in [3.05, 3.63) is 59.7 Å². The monoisotopic (exact) mass is 359 g/mol. The average molecular weight is 359 g/mol. The lowest BCUT2D eigenvalue weighted by molar-refractivity contribution is -0.137. The molecule has 0 spiro atoms. The van der Waals surface area contributed by atoms with Crippen LogP contribution >= 0.6 is 0 Å². The number of halogens is 3. The molecule has 0 unspecified atom stereocenters. The van der Waals surface area contributed by atoms with E-state index in [4.69, 9.17) is 4.74 Å². The molecule has 4 nitrogen and oxygen atoms in total. The Balaban J connectivity index is 2.15. The third-order valence-electron chi connectivity index (χ3n) is 3.22. The lowest BCUT2D eigenvalue weighted by Gasteiger charge is -2.12. The van der Waals surface area contributed by atoms with Crippen molar-refractivity contribution in [1.29, 1.82) is 0 Å². The molecule has 0 saturated carbocycles. The molecule has 2 aromatic carbocycles. The van der Waals surface area contributed by atoms with Gasteiger partial charge in [-0.05, 0) is 37.3 Å². The van der Waals surface area contributed by atoms with E-state index in [2.05, 4.69) is 4.72 Å². The molecule has 0 heterocycles. The Hall–Kier alpha value is -2.06. The SMILES string of the molecule is CCOc1ccccc1CNS(=O)(=O)c1ccc(C(F)(F)F)cc1. The average Bonchev–Trinajstić information content (AvgIpc) is 2.54. The number of sulfonamides is 1. The Morgan fingerprint density at radius 2 is 1.67 bits per heavy atom. The maximum Gasteiger partial charge on any atom is 0.416 e. The van der Waals surface area contributed by atoms with Crippen LogP contribution in [0, 0.1) is 0 Å². The third-order valence-corrected chi connectivity index (χ3v) is 4.63. The smallest absolute Gasteiger partial charge is 0.416 e. The van der Waals surface area contributed by atoms with Gasteiger partial charge in [-0.15, -0.1) is 0 Å². The van der Waals surface area contributed by atoms with Crippen LogP contribution in [0.1, 0.15) is 18.1 Å². The van der Waals surface area contributed by atoms with Crippen molar-refractivity contribution in [1.82, 2.24) is 4.72 Å². The van der Waals surface area contributed by atoms with Gasteiger partial charge in [0.05, 0.1) is 17.1 Å². The summed E-state index contributed by atoms with van der Waals surface area (Å²) in [5, 5.41) is 0. The predicted molar refractivity (Wildman–Crippen MR) is 83.1 cm³/mol. The molecule has 24 heavy (non-hydrogen) atoms. The summed E-state index contributed by atoms with van der Waals surface area (Å²) in [5.41, 5.74) is -0.266. The Morgan fingerprint density at radius 3 is 2.25 bits per heavy atom. The number of benzene rings is 2. The van der Waals surface area contributed by atoms with Crippen LogP contribution in [0.4, 0.5) is 13.2 Å². The molecule has 2 rings (SSSR count). The number of ether oxygens (including phenoxy) is 1. The van der Waals surface area contributed by atoms with Gasteiger partial charge in [-0.25, -0.2) is 13.1 Å². The molecule has 2 aromatic rings. The molecule has 8 heteroatoms. The zero-order valence-electron chi connectivity index (χ0n) is 12.8. The van der Waals surface area contributed by atoms with E-state index in [9.17, 15) is 21.6 Å². The molecule has 130 valence electrons.